The summed E-state index contributed by atoms with van der Waals surface area (Å²) in [7, 11) is 0. The summed E-state index contributed by atoms with van der Waals surface area (Å²) in [5.41, 5.74) is 5.56. The van der Waals surface area contributed by atoms with Crippen LogP contribution in [0.4, 0.5) is 4.39 Å². The number of halogens is 1. The molecule has 0 fully saturated rings. The maximum absolute atomic E-state index is 15.1. The summed E-state index contributed by atoms with van der Waals surface area (Å²) >= 11 is 0. The van der Waals surface area contributed by atoms with Gasteiger partial charge in [-0.15, -0.1) is 0 Å². The minimum absolute atomic E-state index is 0.0368. The van der Waals surface area contributed by atoms with Gasteiger partial charge in [0.25, 0.3) is 0 Å². The number of carbonyl (C=O) groups is 1. The van der Waals surface area contributed by atoms with E-state index >= 15 is 4.39 Å². The van der Waals surface area contributed by atoms with Crippen molar-refractivity contribution in [3.63, 3.8) is 0 Å². The molecule has 2 aromatic carbocycles. The highest BCUT2D eigenvalue weighted by atomic mass is 19.1. The highest BCUT2D eigenvalue weighted by Gasteiger charge is 2.42. The molecule has 36 heavy (non-hydrogen) atoms. The van der Waals surface area contributed by atoms with Gasteiger partial charge in [0.05, 0.1) is 22.5 Å². The summed E-state index contributed by atoms with van der Waals surface area (Å²) in [4.78, 5) is 27.3. The number of ketones is 1. The molecule has 3 atom stereocenters. The third-order valence-electron chi connectivity index (χ3n) is 7.60. The standard InChI is InChI=1S/C30H23FN4O/c1-16-7-10-26-23(13-16)20(11-12-33-26)30-34-27(21-5-3-4-6-25(21)31)22-9-8-19-17(2)29(36)18(15-32)14-24(19)28(22)35-30/h3-7,10-14,17,19,24H,8-9H2,1-2H3. The van der Waals surface area contributed by atoms with E-state index in [4.69, 9.17) is 9.97 Å². The van der Waals surface area contributed by atoms with Crippen LogP contribution in [0.2, 0.25) is 0 Å². The second-order valence-electron chi connectivity index (χ2n) is 9.69. The second-order valence-corrected chi connectivity index (χ2v) is 9.69. The number of nitriles is 1. The molecule has 0 N–H and O–H groups in total. The number of carbonyl (C=O) groups excluding carboxylic acids is 1. The summed E-state index contributed by atoms with van der Waals surface area (Å²) in [5.74, 6) is -0.415. The Morgan fingerprint density at radius 2 is 1.92 bits per heavy atom. The summed E-state index contributed by atoms with van der Waals surface area (Å²) in [5, 5.41) is 10.6. The topological polar surface area (TPSA) is 79.5 Å². The van der Waals surface area contributed by atoms with Crippen LogP contribution in [-0.4, -0.2) is 20.7 Å². The molecular weight excluding hydrogens is 451 g/mol. The summed E-state index contributed by atoms with van der Waals surface area (Å²) in [6.45, 7) is 3.92. The number of aromatic nitrogens is 3. The van der Waals surface area contributed by atoms with Crippen molar-refractivity contribution in [3.8, 4) is 28.7 Å². The first-order chi connectivity index (χ1) is 17.5. The zero-order valence-electron chi connectivity index (χ0n) is 20.0. The van der Waals surface area contributed by atoms with E-state index in [1.54, 1.807) is 30.5 Å². The van der Waals surface area contributed by atoms with Gasteiger partial charge in [-0.05, 0) is 56.0 Å². The minimum Gasteiger partial charge on any atom is -0.293 e. The lowest BCUT2D eigenvalue weighted by molar-refractivity contribution is -0.120. The molecule has 5 nitrogen and oxygen atoms in total. The Bertz CT molecular complexity index is 1630. The number of hydrogen-bond donors (Lipinski definition) is 0. The number of hydrogen-bond acceptors (Lipinski definition) is 5. The van der Waals surface area contributed by atoms with E-state index in [0.29, 0.717) is 23.5 Å². The second kappa shape index (κ2) is 8.46. The van der Waals surface area contributed by atoms with Gasteiger partial charge in [-0.1, -0.05) is 36.8 Å². The predicted octanol–water partition coefficient (Wildman–Crippen LogP) is 6.12. The number of rotatable bonds is 2. The van der Waals surface area contributed by atoms with Crippen molar-refractivity contribution in [2.24, 2.45) is 11.8 Å². The van der Waals surface area contributed by atoms with Crippen molar-refractivity contribution in [2.45, 2.75) is 32.6 Å². The largest absolute Gasteiger partial charge is 0.293 e. The third-order valence-corrected chi connectivity index (χ3v) is 7.60. The zero-order chi connectivity index (χ0) is 25.0. The number of benzene rings is 2. The van der Waals surface area contributed by atoms with Crippen LogP contribution < -0.4 is 0 Å². The van der Waals surface area contributed by atoms with E-state index in [2.05, 4.69) is 17.1 Å². The van der Waals surface area contributed by atoms with Gasteiger partial charge in [-0.3, -0.25) is 9.78 Å². The minimum atomic E-state index is -0.345. The molecule has 0 amide bonds. The Hall–Kier alpha value is -4.24. The summed E-state index contributed by atoms with van der Waals surface area (Å²) in [6, 6.07) is 16.7. The zero-order valence-corrected chi connectivity index (χ0v) is 20.0. The first-order valence-electron chi connectivity index (χ1n) is 12.1. The Morgan fingerprint density at radius 3 is 2.72 bits per heavy atom. The molecule has 0 radical (unpaired) electrons. The molecule has 4 aromatic rings. The maximum atomic E-state index is 15.1. The molecule has 2 aliphatic carbocycles. The Balaban J connectivity index is 1.66. The van der Waals surface area contributed by atoms with Gasteiger partial charge >= 0.3 is 0 Å². The van der Waals surface area contributed by atoms with Crippen LogP contribution in [0.1, 0.15) is 36.1 Å². The first-order valence-corrected chi connectivity index (χ1v) is 12.1. The van der Waals surface area contributed by atoms with Gasteiger partial charge in [-0.25, -0.2) is 14.4 Å². The van der Waals surface area contributed by atoms with Gasteiger partial charge < -0.3 is 0 Å². The maximum Gasteiger partial charge on any atom is 0.176 e. The van der Waals surface area contributed by atoms with Crippen molar-refractivity contribution >= 4 is 16.7 Å². The molecule has 2 aromatic heterocycles. The quantitative estimate of drug-likeness (QED) is 0.350. The van der Waals surface area contributed by atoms with E-state index in [0.717, 1.165) is 39.7 Å². The molecule has 0 saturated carbocycles. The van der Waals surface area contributed by atoms with E-state index in [-0.39, 0.29) is 34.9 Å². The van der Waals surface area contributed by atoms with E-state index < -0.39 is 0 Å². The first kappa shape index (κ1) is 22.2. The highest BCUT2D eigenvalue weighted by Crippen LogP contribution is 2.47. The molecule has 176 valence electrons. The lowest BCUT2D eigenvalue weighted by atomic mass is 9.66. The van der Waals surface area contributed by atoms with Crippen LogP contribution in [0.25, 0.3) is 33.5 Å². The molecule has 6 rings (SSSR count). The van der Waals surface area contributed by atoms with Gasteiger partial charge in [0.2, 0.25) is 0 Å². The number of pyridine rings is 1. The Labute approximate surface area is 208 Å². The van der Waals surface area contributed by atoms with E-state index in [1.807, 2.05) is 32.0 Å². The average Bonchev–Trinajstić information content (AvgIpc) is 2.89. The van der Waals surface area contributed by atoms with Crippen LogP contribution in [0.3, 0.4) is 0 Å². The molecule has 0 aliphatic heterocycles. The van der Waals surface area contributed by atoms with Crippen LogP contribution >= 0.6 is 0 Å². The van der Waals surface area contributed by atoms with Crippen molar-refractivity contribution in [1.29, 1.82) is 5.26 Å². The van der Waals surface area contributed by atoms with Gasteiger partial charge in [0.1, 0.15) is 11.9 Å². The Kier molecular flexibility index (Phi) is 5.22. The van der Waals surface area contributed by atoms with Gasteiger partial charge in [0.15, 0.2) is 11.6 Å². The van der Waals surface area contributed by atoms with Crippen LogP contribution in [-0.2, 0) is 11.2 Å². The number of allylic oxidation sites excluding steroid dienone is 2. The van der Waals surface area contributed by atoms with Crippen molar-refractivity contribution < 1.29 is 9.18 Å². The van der Waals surface area contributed by atoms with Gasteiger partial charge in [-0.2, -0.15) is 5.26 Å². The molecular formula is C30H23FN4O. The number of Topliss-reactive ketones (excluding diaryl/α,β-unsaturated/α-hetero) is 1. The fraction of sp³-hybridized carbons (Fsp3) is 0.233. The monoisotopic (exact) mass is 474 g/mol. The fourth-order valence-electron chi connectivity index (χ4n) is 5.73. The SMILES string of the molecule is Cc1ccc2nccc(-c3nc(-c4ccccc4F)c4c(n3)C3C=C(C#N)C(=O)C(C)C3CC4)c2c1. The molecule has 0 saturated heterocycles. The summed E-state index contributed by atoms with van der Waals surface area (Å²) in [6.07, 6.45) is 4.89. The Morgan fingerprint density at radius 1 is 1.08 bits per heavy atom. The molecule has 0 spiro atoms. The van der Waals surface area contributed by atoms with Crippen molar-refractivity contribution in [1.82, 2.24) is 15.0 Å². The smallest absolute Gasteiger partial charge is 0.176 e. The van der Waals surface area contributed by atoms with E-state index in [9.17, 15) is 10.1 Å². The fourth-order valence-corrected chi connectivity index (χ4v) is 5.73. The summed E-state index contributed by atoms with van der Waals surface area (Å²) < 4.78 is 15.1. The van der Waals surface area contributed by atoms with Gasteiger partial charge in [0, 0.05) is 40.1 Å². The van der Waals surface area contributed by atoms with Crippen molar-refractivity contribution in [3.05, 3.63) is 89.0 Å². The molecule has 2 heterocycles. The molecule has 0 bridgehead atoms. The number of aryl methyl sites for hydroxylation is 1. The molecule has 3 unspecified atom stereocenters. The van der Waals surface area contributed by atoms with Crippen LogP contribution in [0.5, 0.6) is 0 Å². The lowest BCUT2D eigenvalue weighted by Gasteiger charge is -2.38. The van der Waals surface area contributed by atoms with Crippen molar-refractivity contribution in [2.75, 3.05) is 0 Å². The third kappa shape index (κ3) is 3.43. The van der Waals surface area contributed by atoms with Crippen LogP contribution in [0, 0.1) is 35.9 Å². The van der Waals surface area contributed by atoms with E-state index in [1.165, 1.54) is 6.07 Å². The molecule has 2 aliphatic rings. The lowest BCUT2D eigenvalue weighted by Crippen LogP contribution is -2.35. The molecule has 6 heteroatoms. The van der Waals surface area contributed by atoms with Crippen LogP contribution in [0.15, 0.2) is 66.4 Å². The number of nitrogens with zero attached hydrogens (tertiary/aromatic N) is 4. The predicted molar refractivity (Wildman–Crippen MR) is 135 cm³/mol. The average molecular weight is 475 g/mol. The highest BCUT2D eigenvalue weighted by molar-refractivity contribution is 6.02. The normalized spacial score (nSPS) is 20.9. The number of fused-ring (bicyclic) bond motifs is 4.